The summed E-state index contributed by atoms with van der Waals surface area (Å²) in [6, 6.07) is 2.19. The van der Waals surface area contributed by atoms with E-state index in [2.05, 4.69) is 54.2 Å². The van der Waals surface area contributed by atoms with E-state index < -0.39 is 0 Å². The van der Waals surface area contributed by atoms with Gasteiger partial charge in [0.1, 0.15) is 11.6 Å². The number of nitrogens with zero attached hydrogens (tertiary/aromatic N) is 4. The highest BCUT2D eigenvalue weighted by molar-refractivity contribution is 7.80. The fourth-order valence-electron chi connectivity index (χ4n) is 4.39. The van der Waals surface area contributed by atoms with Crippen LogP contribution in [0.5, 0.6) is 0 Å². The van der Waals surface area contributed by atoms with Crippen molar-refractivity contribution in [2.45, 2.75) is 59.8 Å². The van der Waals surface area contributed by atoms with Crippen molar-refractivity contribution >= 4 is 34.9 Å². The lowest BCUT2D eigenvalue weighted by molar-refractivity contribution is 0.355. The Morgan fingerprint density at radius 1 is 1.03 bits per heavy atom. The SMILES string of the molecule is CC(C)CNC(=S)Nc1nc(N2CCCCCC2)cc(N2C[C@@H](C)C[C@H](C)C2)n1. The molecule has 0 amide bonds. The number of nitrogens with one attached hydrogen (secondary N) is 2. The first-order valence-electron chi connectivity index (χ1n) is 11.3. The molecule has 0 saturated carbocycles. The minimum atomic E-state index is 0.533. The first-order valence-corrected chi connectivity index (χ1v) is 11.8. The van der Waals surface area contributed by atoms with Crippen LogP contribution >= 0.6 is 12.2 Å². The first kappa shape index (κ1) is 22.1. The summed E-state index contributed by atoms with van der Waals surface area (Å²) in [7, 11) is 0. The summed E-state index contributed by atoms with van der Waals surface area (Å²) in [6.07, 6.45) is 6.37. The van der Waals surface area contributed by atoms with Gasteiger partial charge in [0.05, 0.1) is 0 Å². The number of anilines is 3. The van der Waals surface area contributed by atoms with Gasteiger partial charge in [-0.25, -0.2) is 0 Å². The van der Waals surface area contributed by atoms with Crippen molar-refractivity contribution in [1.29, 1.82) is 0 Å². The van der Waals surface area contributed by atoms with E-state index in [0.717, 1.165) is 44.4 Å². The molecule has 162 valence electrons. The summed E-state index contributed by atoms with van der Waals surface area (Å²) in [5, 5.41) is 7.10. The van der Waals surface area contributed by atoms with Crippen LogP contribution in [0.25, 0.3) is 0 Å². The van der Waals surface area contributed by atoms with Crippen LogP contribution in [0.3, 0.4) is 0 Å². The molecule has 0 bridgehead atoms. The van der Waals surface area contributed by atoms with Gasteiger partial charge in [0, 0.05) is 38.8 Å². The van der Waals surface area contributed by atoms with Crippen molar-refractivity contribution in [3.05, 3.63) is 6.07 Å². The molecule has 1 aromatic heterocycles. The van der Waals surface area contributed by atoms with Gasteiger partial charge < -0.3 is 20.4 Å². The summed E-state index contributed by atoms with van der Waals surface area (Å²) >= 11 is 5.48. The third-order valence-corrected chi connectivity index (χ3v) is 5.96. The van der Waals surface area contributed by atoms with E-state index in [0.29, 0.717) is 28.8 Å². The Bertz CT molecular complexity index is 661. The van der Waals surface area contributed by atoms with Gasteiger partial charge in [-0.2, -0.15) is 9.97 Å². The van der Waals surface area contributed by atoms with Gasteiger partial charge in [-0.3, -0.25) is 0 Å². The molecule has 2 saturated heterocycles. The molecule has 3 heterocycles. The lowest BCUT2D eigenvalue weighted by Crippen LogP contribution is -2.39. The van der Waals surface area contributed by atoms with Gasteiger partial charge in [0.15, 0.2) is 5.11 Å². The van der Waals surface area contributed by atoms with Gasteiger partial charge in [-0.15, -0.1) is 0 Å². The quantitative estimate of drug-likeness (QED) is 0.692. The van der Waals surface area contributed by atoms with E-state index in [1.807, 2.05) is 0 Å². The van der Waals surface area contributed by atoms with E-state index in [-0.39, 0.29) is 0 Å². The molecule has 0 radical (unpaired) electrons. The number of hydrogen-bond acceptors (Lipinski definition) is 5. The lowest BCUT2D eigenvalue weighted by atomic mass is 9.92. The molecule has 3 rings (SSSR count). The van der Waals surface area contributed by atoms with Crippen LogP contribution in [-0.4, -0.2) is 47.8 Å². The topological polar surface area (TPSA) is 56.3 Å². The highest BCUT2D eigenvalue weighted by atomic mass is 32.1. The molecule has 2 atom stereocenters. The zero-order valence-corrected chi connectivity index (χ0v) is 19.4. The van der Waals surface area contributed by atoms with E-state index in [9.17, 15) is 0 Å². The Kier molecular flexibility index (Phi) is 7.92. The smallest absolute Gasteiger partial charge is 0.232 e. The fourth-order valence-corrected chi connectivity index (χ4v) is 4.57. The fraction of sp³-hybridized carbons (Fsp3) is 0.773. The van der Waals surface area contributed by atoms with Gasteiger partial charge in [-0.05, 0) is 49.2 Å². The predicted molar refractivity (Wildman–Crippen MR) is 127 cm³/mol. The zero-order chi connectivity index (χ0) is 20.8. The minimum absolute atomic E-state index is 0.533. The van der Waals surface area contributed by atoms with Crippen molar-refractivity contribution in [1.82, 2.24) is 15.3 Å². The van der Waals surface area contributed by atoms with Crippen molar-refractivity contribution in [3.63, 3.8) is 0 Å². The van der Waals surface area contributed by atoms with Crippen molar-refractivity contribution in [2.75, 3.05) is 47.8 Å². The molecule has 6 nitrogen and oxygen atoms in total. The normalized spacial score (nSPS) is 23.1. The molecular weight excluding hydrogens is 380 g/mol. The molecule has 2 fully saturated rings. The summed E-state index contributed by atoms with van der Waals surface area (Å²) in [5.41, 5.74) is 0. The Morgan fingerprint density at radius 2 is 1.62 bits per heavy atom. The molecule has 2 aliphatic heterocycles. The van der Waals surface area contributed by atoms with Gasteiger partial charge >= 0.3 is 0 Å². The summed E-state index contributed by atoms with van der Waals surface area (Å²) < 4.78 is 0. The Hall–Kier alpha value is -1.63. The third kappa shape index (κ3) is 6.69. The summed E-state index contributed by atoms with van der Waals surface area (Å²) in [5.74, 6) is 4.55. The lowest BCUT2D eigenvalue weighted by Gasteiger charge is -2.36. The van der Waals surface area contributed by atoms with Crippen LogP contribution in [0, 0.1) is 17.8 Å². The predicted octanol–water partition coefficient (Wildman–Crippen LogP) is 4.28. The van der Waals surface area contributed by atoms with Gasteiger partial charge in [0.2, 0.25) is 5.95 Å². The molecule has 0 aromatic carbocycles. The van der Waals surface area contributed by atoms with Crippen molar-refractivity contribution in [2.24, 2.45) is 17.8 Å². The van der Waals surface area contributed by atoms with E-state index >= 15 is 0 Å². The number of aromatic nitrogens is 2. The Morgan fingerprint density at radius 3 is 2.21 bits per heavy atom. The van der Waals surface area contributed by atoms with Crippen LogP contribution in [0.4, 0.5) is 17.6 Å². The van der Waals surface area contributed by atoms with Crippen molar-refractivity contribution < 1.29 is 0 Å². The average Bonchev–Trinajstić information content (AvgIpc) is 2.95. The van der Waals surface area contributed by atoms with Crippen LogP contribution in [0.1, 0.15) is 59.8 Å². The molecule has 2 aliphatic rings. The van der Waals surface area contributed by atoms with Crippen LogP contribution < -0.4 is 20.4 Å². The summed E-state index contributed by atoms with van der Waals surface area (Å²) in [4.78, 5) is 14.6. The highest BCUT2D eigenvalue weighted by Crippen LogP contribution is 2.29. The maximum Gasteiger partial charge on any atom is 0.232 e. The number of thiocarbonyl (C=S) groups is 1. The highest BCUT2D eigenvalue weighted by Gasteiger charge is 2.24. The third-order valence-electron chi connectivity index (χ3n) is 5.72. The largest absolute Gasteiger partial charge is 0.362 e. The molecule has 1 aromatic rings. The minimum Gasteiger partial charge on any atom is -0.362 e. The second-order valence-corrected chi connectivity index (χ2v) is 9.80. The van der Waals surface area contributed by atoms with E-state index in [4.69, 9.17) is 22.2 Å². The van der Waals surface area contributed by atoms with Gasteiger partial charge in [0.25, 0.3) is 0 Å². The number of piperidine rings is 1. The monoisotopic (exact) mass is 418 g/mol. The van der Waals surface area contributed by atoms with Crippen LogP contribution in [0.15, 0.2) is 6.07 Å². The molecule has 2 N–H and O–H groups in total. The van der Waals surface area contributed by atoms with Gasteiger partial charge in [-0.1, -0.05) is 40.5 Å². The number of hydrogen-bond donors (Lipinski definition) is 2. The second-order valence-electron chi connectivity index (χ2n) is 9.39. The molecule has 29 heavy (non-hydrogen) atoms. The first-order chi connectivity index (χ1) is 13.9. The molecule has 0 unspecified atom stereocenters. The summed E-state index contributed by atoms with van der Waals surface area (Å²) in [6.45, 7) is 14.1. The Labute approximate surface area is 181 Å². The molecule has 0 aliphatic carbocycles. The van der Waals surface area contributed by atoms with Crippen LogP contribution in [0.2, 0.25) is 0 Å². The number of rotatable bonds is 5. The average molecular weight is 419 g/mol. The molecule has 7 heteroatoms. The second kappa shape index (κ2) is 10.4. The van der Waals surface area contributed by atoms with Crippen molar-refractivity contribution in [3.8, 4) is 0 Å². The van der Waals surface area contributed by atoms with E-state index in [1.165, 1.54) is 32.1 Å². The van der Waals surface area contributed by atoms with Crippen LogP contribution in [-0.2, 0) is 0 Å². The molecule has 0 spiro atoms. The standard InChI is InChI=1S/C22H38N6S/c1-16(2)13-23-22(29)26-21-24-19(27-9-7-5-6-8-10-27)12-20(25-21)28-14-17(3)11-18(4)15-28/h12,16-18H,5-11,13-15H2,1-4H3,(H2,23,24,25,26,29)/t17-,18-/m0/s1. The maximum atomic E-state index is 5.48. The maximum absolute atomic E-state index is 5.48. The van der Waals surface area contributed by atoms with E-state index in [1.54, 1.807) is 0 Å². The zero-order valence-electron chi connectivity index (χ0n) is 18.6. The molecular formula is C22H38N6S. The Balaban J connectivity index is 1.83.